The molecule has 194 valence electrons. The lowest BCUT2D eigenvalue weighted by molar-refractivity contribution is -0.102. The smallest absolute Gasteiger partial charge is 0.163 e. The van der Waals surface area contributed by atoms with Gasteiger partial charge in [-0.25, -0.2) is 0 Å². The van der Waals surface area contributed by atoms with E-state index in [4.69, 9.17) is 22.1 Å². The summed E-state index contributed by atoms with van der Waals surface area (Å²) >= 11 is 6.28. The molecule has 5 N–H and O–H groups in total. The van der Waals surface area contributed by atoms with Gasteiger partial charge in [-0.05, 0) is 68.2 Å². The van der Waals surface area contributed by atoms with Gasteiger partial charge in [0.05, 0.1) is 5.60 Å². The summed E-state index contributed by atoms with van der Waals surface area (Å²) in [5.74, 6) is -0.0135. The number of likely N-dealkylation sites (tertiary alicyclic amines) is 1. The topological polar surface area (TPSA) is 91.0 Å². The predicted molar refractivity (Wildman–Crippen MR) is 142 cm³/mol. The minimum Gasteiger partial charge on any atom is -0.385 e. The van der Waals surface area contributed by atoms with Gasteiger partial charge >= 0.3 is 0 Å². The van der Waals surface area contributed by atoms with E-state index in [0.717, 1.165) is 50.6 Å². The van der Waals surface area contributed by atoms with Gasteiger partial charge in [-0.3, -0.25) is 10.2 Å². The van der Waals surface area contributed by atoms with E-state index in [9.17, 15) is 10.2 Å². The standard InChI is InChI=1S/C28H42ClN3O3/c1-35-18-6-5-16-28(34,23-11-7-13-25(29)19-23)24-12-8-17-32(21-24)27(33)31-20-26(30)15-14-22-9-3-2-4-10-22/h2-4,7,9-11,13,19,24,26-27,31,33-34H,5-6,8,12,14-18,20-21,30H2,1H3/t24-,26+,27?,28-/m1/s1. The third-order valence-corrected chi connectivity index (χ3v) is 7.40. The zero-order chi connectivity index (χ0) is 25.1. The zero-order valence-corrected chi connectivity index (χ0v) is 21.7. The molecule has 0 aliphatic carbocycles. The Morgan fingerprint density at radius 2 is 2.00 bits per heavy atom. The second-order valence-electron chi connectivity index (χ2n) is 9.78. The molecule has 2 aromatic carbocycles. The normalized spacial score (nSPS) is 20.3. The number of nitrogens with two attached hydrogens (primary N) is 1. The minimum atomic E-state index is -1.01. The van der Waals surface area contributed by atoms with Crippen LogP contribution in [0.3, 0.4) is 0 Å². The average Bonchev–Trinajstić information content (AvgIpc) is 2.89. The second-order valence-corrected chi connectivity index (χ2v) is 10.2. The predicted octanol–water partition coefficient (Wildman–Crippen LogP) is 3.88. The molecule has 1 saturated heterocycles. The van der Waals surface area contributed by atoms with Crippen LogP contribution in [0.25, 0.3) is 0 Å². The molecule has 1 heterocycles. The van der Waals surface area contributed by atoms with Crippen molar-refractivity contribution in [2.24, 2.45) is 11.7 Å². The Balaban J connectivity index is 1.57. The molecule has 4 atom stereocenters. The molecule has 0 saturated carbocycles. The van der Waals surface area contributed by atoms with E-state index in [1.165, 1.54) is 5.56 Å². The van der Waals surface area contributed by atoms with Gasteiger partial charge in [0, 0.05) is 50.3 Å². The van der Waals surface area contributed by atoms with E-state index in [0.29, 0.717) is 31.1 Å². The van der Waals surface area contributed by atoms with Crippen LogP contribution >= 0.6 is 11.6 Å². The number of aryl methyl sites for hydroxylation is 1. The lowest BCUT2D eigenvalue weighted by Crippen LogP contribution is -2.55. The molecule has 0 aromatic heterocycles. The van der Waals surface area contributed by atoms with Crippen molar-refractivity contribution < 1.29 is 14.9 Å². The molecule has 0 bridgehead atoms. The van der Waals surface area contributed by atoms with Crippen molar-refractivity contribution >= 4 is 11.6 Å². The van der Waals surface area contributed by atoms with Gasteiger partial charge in [-0.2, -0.15) is 0 Å². The van der Waals surface area contributed by atoms with Crippen LogP contribution < -0.4 is 11.1 Å². The molecule has 35 heavy (non-hydrogen) atoms. The van der Waals surface area contributed by atoms with Crippen LogP contribution in [0.1, 0.15) is 49.7 Å². The number of rotatable bonds is 14. The van der Waals surface area contributed by atoms with E-state index in [-0.39, 0.29) is 12.0 Å². The second kappa shape index (κ2) is 14.3. The molecule has 0 radical (unpaired) electrons. The molecule has 1 aliphatic rings. The molecule has 1 unspecified atom stereocenters. The van der Waals surface area contributed by atoms with Gasteiger partial charge in [0.15, 0.2) is 6.35 Å². The molecule has 3 rings (SSSR count). The first-order valence-electron chi connectivity index (χ1n) is 12.8. The summed E-state index contributed by atoms with van der Waals surface area (Å²) in [6.07, 6.45) is 5.15. The van der Waals surface area contributed by atoms with Crippen molar-refractivity contribution in [2.45, 2.75) is 62.9 Å². The number of nitrogens with one attached hydrogen (secondary N) is 1. The Morgan fingerprint density at radius 3 is 2.74 bits per heavy atom. The third-order valence-electron chi connectivity index (χ3n) is 7.16. The number of piperidine rings is 1. The first-order chi connectivity index (χ1) is 16.9. The highest BCUT2D eigenvalue weighted by Crippen LogP contribution is 2.40. The molecule has 6 nitrogen and oxygen atoms in total. The van der Waals surface area contributed by atoms with Crippen molar-refractivity contribution in [3.05, 3.63) is 70.7 Å². The van der Waals surface area contributed by atoms with Crippen LogP contribution in [0.2, 0.25) is 5.02 Å². The van der Waals surface area contributed by atoms with E-state index in [1.807, 2.05) is 47.4 Å². The summed E-state index contributed by atoms with van der Waals surface area (Å²) in [6, 6.07) is 17.8. The highest BCUT2D eigenvalue weighted by Gasteiger charge is 2.41. The van der Waals surface area contributed by atoms with E-state index >= 15 is 0 Å². The van der Waals surface area contributed by atoms with Gasteiger partial charge in [0.1, 0.15) is 0 Å². The number of hydrogen-bond acceptors (Lipinski definition) is 6. The number of unbranched alkanes of at least 4 members (excludes halogenated alkanes) is 1. The Kier molecular flexibility index (Phi) is 11.5. The number of methoxy groups -OCH3 is 1. The number of ether oxygens (including phenoxy) is 1. The molecular weight excluding hydrogens is 462 g/mol. The SMILES string of the molecule is COCCCC[C@@](O)(c1cccc(Cl)c1)[C@@H]1CCCN(C(O)NC[C@@H](N)CCc2ccccc2)C1. The van der Waals surface area contributed by atoms with Crippen molar-refractivity contribution in [1.82, 2.24) is 10.2 Å². The average molecular weight is 504 g/mol. The molecule has 0 amide bonds. The van der Waals surface area contributed by atoms with Gasteiger partial charge < -0.3 is 20.7 Å². The van der Waals surface area contributed by atoms with Crippen LogP contribution in [0, 0.1) is 5.92 Å². The van der Waals surface area contributed by atoms with Crippen LogP contribution in [0.5, 0.6) is 0 Å². The molecular formula is C28H42ClN3O3. The number of hydrogen-bond donors (Lipinski definition) is 4. The van der Waals surface area contributed by atoms with Crippen molar-refractivity contribution in [1.29, 1.82) is 0 Å². The number of halogens is 1. The Hall–Kier alpha value is -1.51. The summed E-state index contributed by atoms with van der Waals surface area (Å²) in [5.41, 5.74) is 7.42. The summed E-state index contributed by atoms with van der Waals surface area (Å²) in [7, 11) is 1.70. The first-order valence-corrected chi connectivity index (χ1v) is 13.2. The van der Waals surface area contributed by atoms with Crippen molar-refractivity contribution in [2.75, 3.05) is 33.4 Å². The number of benzene rings is 2. The van der Waals surface area contributed by atoms with Crippen LogP contribution in [-0.2, 0) is 16.8 Å². The van der Waals surface area contributed by atoms with Gasteiger partial charge in [0.2, 0.25) is 0 Å². The van der Waals surface area contributed by atoms with Crippen LogP contribution in [0.4, 0.5) is 0 Å². The maximum Gasteiger partial charge on any atom is 0.163 e. The number of aliphatic hydroxyl groups excluding tert-OH is 1. The van der Waals surface area contributed by atoms with E-state index in [2.05, 4.69) is 17.4 Å². The minimum absolute atomic E-state index is 0.0135. The van der Waals surface area contributed by atoms with Gasteiger partial charge in [0.25, 0.3) is 0 Å². The van der Waals surface area contributed by atoms with Crippen molar-refractivity contribution in [3.63, 3.8) is 0 Å². The Bertz CT molecular complexity index is 872. The van der Waals surface area contributed by atoms with E-state index in [1.54, 1.807) is 7.11 Å². The highest BCUT2D eigenvalue weighted by atomic mass is 35.5. The number of aliphatic hydroxyl groups is 2. The zero-order valence-electron chi connectivity index (χ0n) is 20.9. The Morgan fingerprint density at radius 1 is 1.20 bits per heavy atom. The third kappa shape index (κ3) is 8.53. The summed E-state index contributed by atoms with van der Waals surface area (Å²) in [6.45, 7) is 2.58. The summed E-state index contributed by atoms with van der Waals surface area (Å²) in [4.78, 5) is 2.02. The maximum atomic E-state index is 12.0. The highest BCUT2D eigenvalue weighted by molar-refractivity contribution is 6.30. The molecule has 0 spiro atoms. The quantitative estimate of drug-likeness (QED) is 0.231. The van der Waals surface area contributed by atoms with Crippen LogP contribution in [0.15, 0.2) is 54.6 Å². The van der Waals surface area contributed by atoms with Crippen LogP contribution in [-0.4, -0.2) is 60.9 Å². The van der Waals surface area contributed by atoms with Gasteiger partial charge in [-0.1, -0.05) is 54.1 Å². The first kappa shape index (κ1) is 28.1. The van der Waals surface area contributed by atoms with Crippen molar-refractivity contribution in [3.8, 4) is 0 Å². The fourth-order valence-electron chi connectivity index (χ4n) is 5.09. The molecule has 7 heteroatoms. The van der Waals surface area contributed by atoms with Gasteiger partial charge in [-0.15, -0.1) is 0 Å². The van der Waals surface area contributed by atoms with E-state index < -0.39 is 12.0 Å². The summed E-state index contributed by atoms with van der Waals surface area (Å²) in [5, 5.41) is 26.7. The summed E-state index contributed by atoms with van der Waals surface area (Å²) < 4.78 is 5.20. The molecule has 1 aliphatic heterocycles. The fraction of sp³-hybridized carbons (Fsp3) is 0.571. The lowest BCUT2D eigenvalue weighted by Gasteiger charge is -2.44. The number of nitrogens with zero attached hydrogens (tertiary/aromatic N) is 1. The molecule has 1 fully saturated rings. The molecule has 2 aromatic rings. The monoisotopic (exact) mass is 503 g/mol. The lowest BCUT2D eigenvalue weighted by atomic mass is 9.74. The largest absolute Gasteiger partial charge is 0.385 e. The maximum absolute atomic E-state index is 12.0. The Labute approximate surface area is 215 Å². The fourth-order valence-corrected chi connectivity index (χ4v) is 5.28.